The summed E-state index contributed by atoms with van der Waals surface area (Å²) in [6.45, 7) is 2.00. The van der Waals surface area contributed by atoms with Crippen LogP contribution in [-0.2, 0) is 0 Å². The number of ether oxygens (including phenoxy) is 1. The fourth-order valence-corrected chi connectivity index (χ4v) is 1.51. The van der Waals surface area contributed by atoms with Gasteiger partial charge >= 0.3 is 0 Å². The molecule has 1 amide bonds. The van der Waals surface area contributed by atoms with Crippen LogP contribution in [0.25, 0.3) is 0 Å². The van der Waals surface area contributed by atoms with E-state index in [4.69, 9.17) is 4.74 Å². The normalized spacial score (nSPS) is 14.7. The molecule has 2 rings (SSSR count). The molecule has 1 aromatic carbocycles. The van der Waals surface area contributed by atoms with Gasteiger partial charge in [0.2, 0.25) is 0 Å². The van der Waals surface area contributed by atoms with Crippen molar-refractivity contribution < 1.29 is 9.53 Å². The second-order valence-corrected chi connectivity index (χ2v) is 4.52. The molecule has 0 bridgehead atoms. The summed E-state index contributed by atoms with van der Waals surface area (Å²) < 4.78 is 5.76. The molecule has 0 N–H and O–H groups in total. The van der Waals surface area contributed by atoms with Crippen molar-refractivity contribution in [2.24, 2.45) is 0 Å². The zero-order chi connectivity index (χ0) is 11.7. The number of rotatable bonds is 3. The molecule has 0 heterocycles. The number of carbonyl (C=O) groups excluding carboxylic acids is 1. The van der Waals surface area contributed by atoms with Crippen molar-refractivity contribution >= 4 is 5.91 Å². The van der Waals surface area contributed by atoms with E-state index in [1.807, 2.05) is 25.1 Å². The average Bonchev–Trinajstić information content (AvgIpc) is 3.01. The van der Waals surface area contributed by atoms with Gasteiger partial charge in [-0.25, -0.2) is 0 Å². The molecule has 86 valence electrons. The maximum Gasteiger partial charge on any atom is 0.257 e. The van der Waals surface area contributed by atoms with Gasteiger partial charge in [-0.1, -0.05) is 6.07 Å². The molecule has 3 nitrogen and oxygen atoms in total. The topological polar surface area (TPSA) is 29.5 Å². The summed E-state index contributed by atoms with van der Waals surface area (Å²) in [6, 6.07) is 5.72. The summed E-state index contributed by atoms with van der Waals surface area (Å²) >= 11 is 0. The van der Waals surface area contributed by atoms with E-state index < -0.39 is 0 Å². The first-order chi connectivity index (χ1) is 7.58. The molecule has 1 aromatic rings. The summed E-state index contributed by atoms with van der Waals surface area (Å²) in [5.74, 6) is 0.719. The lowest BCUT2D eigenvalue weighted by Crippen LogP contribution is -2.22. The monoisotopic (exact) mass is 219 g/mol. The molecule has 0 spiro atoms. The highest BCUT2D eigenvalue weighted by Gasteiger charge is 2.26. The number of carbonyl (C=O) groups is 1. The van der Waals surface area contributed by atoms with Gasteiger partial charge in [0.25, 0.3) is 5.91 Å². The summed E-state index contributed by atoms with van der Waals surface area (Å²) in [4.78, 5) is 13.5. The standard InChI is InChI=1S/C13H17NO2/c1-9-4-7-11(13(15)14(2)3)12(8-9)16-10-5-6-10/h4,7-8,10H,5-6H2,1-3H3. The first-order valence-electron chi connectivity index (χ1n) is 5.57. The molecule has 3 heteroatoms. The molecule has 0 atom stereocenters. The average molecular weight is 219 g/mol. The zero-order valence-corrected chi connectivity index (χ0v) is 9.99. The predicted octanol–water partition coefficient (Wildman–Crippen LogP) is 2.24. The van der Waals surface area contributed by atoms with E-state index in [-0.39, 0.29) is 5.91 Å². The molecule has 1 aliphatic rings. The summed E-state index contributed by atoms with van der Waals surface area (Å²) in [5.41, 5.74) is 1.77. The van der Waals surface area contributed by atoms with Gasteiger partial charge in [-0.15, -0.1) is 0 Å². The highest BCUT2D eigenvalue weighted by Crippen LogP contribution is 2.30. The van der Waals surface area contributed by atoms with Gasteiger partial charge in [-0.2, -0.15) is 0 Å². The lowest BCUT2D eigenvalue weighted by molar-refractivity contribution is 0.0823. The maximum absolute atomic E-state index is 11.9. The lowest BCUT2D eigenvalue weighted by atomic mass is 10.1. The van der Waals surface area contributed by atoms with Crippen molar-refractivity contribution in [1.29, 1.82) is 0 Å². The summed E-state index contributed by atoms with van der Waals surface area (Å²) in [7, 11) is 3.51. The van der Waals surface area contributed by atoms with E-state index in [0.717, 1.165) is 24.2 Å². The van der Waals surface area contributed by atoms with Gasteiger partial charge in [-0.3, -0.25) is 4.79 Å². The van der Waals surface area contributed by atoms with Crippen molar-refractivity contribution in [2.75, 3.05) is 14.1 Å². The molecule has 1 fully saturated rings. The number of hydrogen-bond acceptors (Lipinski definition) is 2. The molecule has 0 saturated heterocycles. The van der Waals surface area contributed by atoms with Gasteiger partial charge in [0.1, 0.15) is 5.75 Å². The van der Waals surface area contributed by atoms with Crippen LogP contribution in [0, 0.1) is 6.92 Å². The number of hydrogen-bond donors (Lipinski definition) is 0. The lowest BCUT2D eigenvalue weighted by Gasteiger charge is -2.15. The SMILES string of the molecule is Cc1ccc(C(=O)N(C)C)c(OC2CC2)c1. The molecule has 16 heavy (non-hydrogen) atoms. The molecule has 0 aromatic heterocycles. The largest absolute Gasteiger partial charge is 0.490 e. The Bertz CT molecular complexity index is 408. The third-order valence-corrected chi connectivity index (χ3v) is 2.59. The Labute approximate surface area is 96.0 Å². The van der Waals surface area contributed by atoms with Crippen LogP contribution in [0.4, 0.5) is 0 Å². The van der Waals surface area contributed by atoms with Gasteiger partial charge in [0.05, 0.1) is 11.7 Å². The van der Waals surface area contributed by atoms with Crippen molar-refractivity contribution in [3.8, 4) is 5.75 Å². The Kier molecular flexibility index (Phi) is 2.86. The van der Waals surface area contributed by atoms with Crippen LogP contribution in [0.5, 0.6) is 5.75 Å². The molecule has 0 radical (unpaired) electrons. The van der Waals surface area contributed by atoms with Crippen molar-refractivity contribution in [2.45, 2.75) is 25.9 Å². The third kappa shape index (κ3) is 2.35. The van der Waals surface area contributed by atoms with Crippen LogP contribution in [-0.4, -0.2) is 31.0 Å². The van der Waals surface area contributed by atoms with Crippen molar-refractivity contribution in [3.63, 3.8) is 0 Å². The molecule has 0 aliphatic heterocycles. The number of aryl methyl sites for hydroxylation is 1. The van der Waals surface area contributed by atoms with E-state index >= 15 is 0 Å². The van der Waals surface area contributed by atoms with E-state index in [0.29, 0.717) is 11.7 Å². The first kappa shape index (κ1) is 11.0. The Morgan fingerprint density at radius 2 is 2.06 bits per heavy atom. The summed E-state index contributed by atoms with van der Waals surface area (Å²) in [5, 5.41) is 0. The van der Waals surface area contributed by atoms with E-state index in [1.165, 1.54) is 0 Å². The van der Waals surface area contributed by atoms with Gasteiger partial charge in [0.15, 0.2) is 0 Å². The highest BCUT2D eigenvalue weighted by atomic mass is 16.5. The smallest absolute Gasteiger partial charge is 0.257 e. The van der Waals surface area contributed by atoms with Crippen molar-refractivity contribution in [3.05, 3.63) is 29.3 Å². The summed E-state index contributed by atoms with van der Waals surface area (Å²) in [6.07, 6.45) is 2.52. The van der Waals surface area contributed by atoms with Crippen LogP contribution in [0.1, 0.15) is 28.8 Å². The second kappa shape index (κ2) is 4.16. The molecule has 0 unspecified atom stereocenters. The zero-order valence-electron chi connectivity index (χ0n) is 9.99. The van der Waals surface area contributed by atoms with Crippen LogP contribution in [0.2, 0.25) is 0 Å². The van der Waals surface area contributed by atoms with E-state index in [1.54, 1.807) is 19.0 Å². The minimum Gasteiger partial charge on any atom is -0.490 e. The second-order valence-electron chi connectivity index (χ2n) is 4.52. The highest BCUT2D eigenvalue weighted by molar-refractivity contribution is 5.96. The third-order valence-electron chi connectivity index (χ3n) is 2.59. The molecular formula is C13H17NO2. The van der Waals surface area contributed by atoms with Gasteiger partial charge in [-0.05, 0) is 37.5 Å². The van der Waals surface area contributed by atoms with Crippen LogP contribution < -0.4 is 4.74 Å². The van der Waals surface area contributed by atoms with Crippen LogP contribution in [0.3, 0.4) is 0 Å². The fraction of sp³-hybridized carbons (Fsp3) is 0.462. The fourth-order valence-electron chi connectivity index (χ4n) is 1.51. The quantitative estimate of drug-likeness (QED) is 0.780. The molecular weight excluding hydrogens is 202 g/mol. The Balaban J connectivity index is 2.30. The van der Waals surface area contributed by atoms with Crippen molar-refractivity contribution in [1.82, 2.24) is 4.90 Å². The number of nitrogens with zero attached hydrogens (tertiary/aromatic N) is 1. The van der Waals surface area contributed by atoms with Crippen LogP contribution >= 0.6 is 0 Å². The molecule has 1 saturated carbocycles. The molecule has 1 aliphatic carbocycles. The predicted molar refractivity (Wildman–Crippen MR) is 62.8 cm³/mol. The minimum atomic E-state index is -0.00403. The maximum atomic E-state index is 11.9. The van der Waals surface area contributed by atoms with Gasteiger partial charge in [0, 0.05) is 14.1 Å². The first-order valence-corrected chi connectivity index (χ1v) is 5.57. The van der Waals surface area contributed by atoms with Crippen LogP contribution in [0.15, 0.2) is 18.2 Å². The Morgan fingerprint density at radius 1 is 1.38 bits per heavy atom. The minimum absolute atomic E-state index is 0.00403. The van der Waals surface area contributed by atoms with E-state index in [9.17, 15) is 4.79 Å². The number of amides is 1. The van der Waals surface area contributed by atoms with E-state index in [2.05, 4.69) is 0 Å². The Hall–Kier alpha value is -1.51. The number of benzene rings is 1. The van der Waals surface area contributed by atoms with Gasteiger partial charge < -0.3 is 9.64 Å². The Morgan fingerprint density at radius 3 is 2.62 bits per heavy atom.